The Bertz CT molecular complexity index is 608. The van der Waals surface area contributed by atoms with Gasteiger partial charge in [-0.1, -0.05) is 49.7 Å². The SMILES string of the molecule is Cc1ccc(-c2ccc(CNC(C)C)cc2Cl)cc1F. The Morgan fingerprint density at radius 1 is 1.15 bits per heavy atom. The van der Waals surface area contributed by atoms with Gasteiger partial charge in [-0.15, -0.1) is 0 Å². The first-order valence-electron chi connectivity index (χ1n) is 6.75. The van der Waals surface area contributed by atoms with Crippen molar-refractivity contribution in [2.45, 2.75) is 33.4 Å². The topological polar surface area (TPSA) is 12.0 Å². The number of rotatable bonds is 4. The largest absolute Gasteiger partial charge is 0.310 e. The summed E-state index contributed by atoms with van der Waals surface area (Å²) in [5.74, 6) is -0.205. The lowest BCUT2D eigenvalue weighted by molar-refractivity contribution is 0.589. The van der Waals surface area contributed by atoms with Crippen molar-refractivity contribution in [1.29, 1.82) is 0 Å². The fraction of sp³-hybridized carbons (Fsp3) is 0.294. The summed E-state index contributed by atoms with van der Waals surface area (Å²) in [5.41, 5.74) is 3.43. The van der Waals surface area contributed by atoms with Gasteiger partial charge in [0.1, 0.15) is 5.82 Å². The molecule has 0 unspecified atom stereocenters. The van der Waals surface area contributed by atoms with Gasteiger partial charge in [0.15, 0.2) is 0 Å². The van der Waals surface area contributed by atoms with Crippen molar-refractivity contribution in [2.24, 2.45) is 0 Å². The molecule has 0 atom stereocenters. The van der Waals surface area contributed by atoms with Gasteiger partial charge in [0.25, 0.3) is 0 Å². The lowest BCUT2D eigenvalue weighted by atomic mass is 10.0. The van der Waals surface area contributed by atoms with Crippen molar-refractivity contribution in [3.05, 3.63) is 58.4 Å². The van der Waals surface area contributed by atoms with E-state index in [1.165, 1.54) is 6.07 Å². The second-order valence-corrected chi connectivity index (χ2v) is 5.72. The van der Waals surface area contributed by atoms with Gasteiger partial charge in [0.05, 0.1) is 0 Å². The van der Waals surface area contributed by atoms with Crippen molar-refractivity contribution < 1.29 is 4.39 Å². The predicted octanol–water partition coefficient (Wildman–Crippen LogP) is 4.95. The summed E-state index contributed by atoms with van der Waals surface area (Å²) >= 11 is 6.32. The monoisotopic (exact) mass is 291 g/mol. The van der Waals surface area contributed by atoms with Crippen LogP contribution in [-0.4, -0.2) is 6.04 Å². The maximum Gasteiger partial charge on any atom is 0.126 e. The highest BCUT2D eigenvalue weighted by Gasteiger charge is 2.07. The normalized spacial score (nSPS) is 11.1. The fourth-order valence-electron chi connectivity index (χ4n) is 1.99. The molecule has 0 heterocycles. The third kappa shape index (κ3) is 3.59. The smallest absolute Gasteiger partial charge is 0.126 e. The highest BCUT2D eigenvalue weighted by Crippen LogP contribution is 2.29. The molecule has 106 valence electrons. The molecule has 0 aliphatic carbocycles. The maximum absolute atomic E-state index is 13.6. The predicted molar refractivity (Wildman–Crippen MR) is 83.6 cm³/mol. The Morgan fingerprint density at radius 3 is 2.50 bits per heavy atom. The van der Waals surface area contributed by atoms with Crippen LogP contribution in [0.1, 0.15) is 25.0 Å². The van der Waals surface area contributed by atoms with Crippen LogP contribution < -0.4 is 5.32 Å². The molecule has 0 fully saturated rings. The van der Waals surface area contributed by atoms with Crippen LogP contribution in [0.4, 0.5) is 4.39 Å². The fourth-order valence-corrected chi connectivity index (χ4v) is 2.30. The molecule has 2 aromatic carbocycles. The van der Waals surface area contributed by atoms with Crippen LogP contribution in [0.25, 0.3) is 11.1 Å². The molecule has 0 bridgehead atoms. The van der Waals surface area contributed by atoms with Crippen LogP contribution >= 0.6 is 11.6 Å². The standard InChI is InChI=1S/C17H19ClFN/c1-11(2)20-10-13-5-7-15(16(18)8-13)14-6-4-12(3)17(19)9-14/h4-9,11,20H,10H2,1-3H3. The van der Waals surface area contributed by atoms with Crippen molar-refractivity contribution in [3.63, 3.8) is 0 Å². The summed E-state index contributed by atoms with van der Waals surface area (Å²) in [4.78, 5) is 0. The Kier molecular flexibility index (Phi) is 4.79. The van der Waals surface area contributed by atoms with E-state index in [0.717, 1.165) is 23.2 Å². The van der Waals surface area contributed by atoms with Gasteiger partial charge in [-0.25, -0.2) is 4.39 Å². The average molecular weight is 292 g/mol. The lowest BCUT2D eigenvalue weighted by Gasteiger charge is -2.11. The summed E-state index contributed by atoms with van der Waals surface area (Å²) in [5, 5.41) is 4.00. The van der Waals surface area contributed by atoms with Gasteiger partial charge in [0.2, 0.25) is 0 Å². The zero-order valence-electron chi connectivity index (χ0n) is 12.0. The van der Waals surface area contributed by atoms with Crippen LogP contribution in [-0.2, 0) is 6.54 Å². The molecule has 2 rings (SSSR count). The molecule has 0 aliphatic rings. The van der Waals surface area contributed by atoms with Gasteiger partial charge in [-0.3, -0.25) is 0 Å². The summed E-state index contributed by atoms with van der Waals surface area (Å²) in [6, 6.07) is 11.5. The molecule has 1 nitrogen and oxygen atoms in total. The van der Waals surface area contributed by atoms with E-state index in [1.54, 1.807) is 13.0 Å². The zero-order chi connectivity index (χ0) is 14.7. The van der Waals surface area contributed by atoms with Crippen molar-refractivity contribution in [1.82, 2.24) is 5.32 Å². The molecule has 1 N–H and O–H groups in total. The van der Waals surface area contributed by atoms with Crippen LogP contribution in [0.3, 0.4) is 0 Å². The first-order valence-corrected chi connectivity index (χ1v) is 7.13. The van der Waals surface area contributed by atoms with Gasteiger partial charge >= 0.3 is 0 Å². The molecule has 0 saturated carbocycles. The van der Waals surface area contributed by atoms with Gasteiger partial charge in [-0.05, 0) is 35.7 Å². The number of hydrogen-bond acceptors (Lipinski definition) is 1. The molecule has 0 saturated heterocycles. The van der Waals surface area contributed by atoms with E-state index >= 15 is 0 Å². The average Bonchev–Trinajstić information content (AvgIpc) is 2.40. The molecule has 0 aromatic heterocycles. The molecule has 0 spiro atoms. The minimum absolute atomic E-state index is 0.205. The first-order chi connectivity index (χ1) is 9.47. The second kappa shape index (κ2) is 6.38. The second-order valence-electron chi connectivity index (χ2n) is 5.31. The highest BCUT2D eigenvalue weighted by atomic mass is 35.5. The molecule has 2 aromatic rings. The summed E-state index contributed by atoms with van der Waals surface area (Å²) in [7, 11) is 0. The maximum atomic E-state index is 13.6. The zero-order valence-corrected chi connectivity index (χ0v) is 12.8. The Hall–Kier alpha value is -1.38. The van der Waals surface area contributed by atoms with E-state index in [1.807, 2.05) is 24.3 Å². The van der Waals surface area contributed by atoms with Gasteiger partial charge < -0.3 is 5.32 Å². The van der Waals surface area contributed by atoms with Crippen molar-refractivity contribution >= 4 is 11.6 Å². The van der Waals surface area contributed by atoms with Crippen LogP contribution in [0.5, 0.6) is 0 Å². The third-order valence-electron chi connectivity index (χ3n) is 3.23. The molecular formula is C17H19ClFN. The lowest BCUT2D eigenvalue weighted by Crippen LogP contribution is -2.21. The summed E-state index contributed by atoms with van der Waals surface area (Å²) in [6.07, 6.45) is 0. The minimum atomic E-state index is -0.205. The number of hydrogen-bond donors (Lipinski definition) is 1. The van der Waals surface area contributed by atoms with Crippen molar-refractivity contribution in [2.75, 3.05) is 0 Å². The molecular weight excluding hydrogens is 273 g/mol. The van der Waals surface area contributed by atoms with E-state index in [4.69, 9.17) is 11.6 Å². The number of aryl methyl sites for hydroxylation is 1. The molecule has 0 amide bonds. The van der Waals surface area contributed by atoms with Crippen LogP contribution in [0.15, 0.2) is 36.4 Å². The van der Waals surface area contributed by atoms with Gasteiger partial charge in [0, 0.05) is 23.2 Å². The van der Waals surface area contributed by atoms with Crippen molar-refractivity contribution in [3.8, 4) is 11.1 Å². The quantitative estimate of drug-likeness (QED) is 0.840. The van der Waals surface area contributed by atoms with Gasteiger partial charge in [-0.2, -0.15) is 0 Å². The molecule has 0 aliphatic heterocycles. The Morgan fingerprint density at radius 2 is 1.90 bits per heavy atom. The summed E-state index contributed by atoms with van der Waals surface area (Å²) < 4.78 is 13.6. The number of halogens is 2. The van der Waals surface area contributed by atoms with Crippen LogP contribution in [0.2, 0.25) is 5.02 Å². The van der Waals surface area contributed by atoms with E-state index in [2.05, 4.69) is 19.2 Å². The third-order valence-corrected chi connectivity index (χ3v) is 3.54. The Labute approximate surface area is 124 Å². The van der Waals surface area contributed by atoms with E-state index < -0.39 is 0 Å². The van der Waals surface area contributed by atoms with Crippen LogP contribution in [0, 0.1) is 12.7 Å². The van der Waals surface area contributed by atoms with E-state index in [9.17, 15) is 4.39 Å². The summed E-state index contributed by atoms with van der Waals surface area (Å²) in [6.45, 7) is 6.73. The first kappa shape index (κ1) is 15.0. The molecule has 3 heteroatoms. The highest BCUT2D eigenvalue weighted by molar-refractivity contribution is 6.33. The number of nitrogens with one attached hydrogen (secondary N) is 1. The number of benzene rings is 2. The molecule has 0 radical (unpaired) electrons. The minimum Gasteiger partial charge on any atom is -0.310 e. The molecule has 20 heavy (non-hydrogen) atoms. The van der Waals surface area contributed by atoms with E-state index in [-0.39, 0.29) is 5.82 Å². The Balaban J connectivity index is 2.27. The van der Waals surface area contributed by atoms with E-state index in [0.29, 0.717) is 16.6 Å².